The number of rotatable bonds is 2. The molecule has 0 atom stereocenters. The summed E-state index contributed by atoms with van der Waals surface area (Å²) in [5, 5.41) is 4.28. The Labute approximate surface area is 111 Å². The molecule has 0 saturated heterocycles. The predicted molar refractivity (Wildman–Crippen MR) is 77.2 cm³/mol. The van der Waals surface area contributed by atoms with Crippen LogP contribution in [0.1, 0.15) is 24.0 Å². The number of aromatic nitrogens is 1. The lowest BCUT2D eigenvalue weighted by Crippen LogP contribution is -2.11. The van der Waals surface area contributed by atoms with E-state index in [2.05, 4.69) is 38.9 Å². The van der Waals surface area contributed by atoms with Crippen LogP contribution in [0.25, 0.3) is 6.08 Å². The standard InChI is InChI=1S/C15H14N2S/c1-4-14(10-16-6-1)15-13(3-2-7-17-15)9-12-5-8-18-11-12/h1,4-6,8-11H,2-3,7H2/b13-9+. The molecule has 2 nitrogen and oxygen atoms in total. The van der Waals surface area contributed by atoms with Crippen LogP contribution < -0.4 is 0 Å². The minimum atomic E-state index is 0.922. The summed E-state index contributed by atoms with van der Waals surface area (Å²) >= 11 is 1.73. The molecule has 0 spiro atoms. The lowest BCUT2D eigenvalue weighted by atomic mass is 9.95. The van der Waals surface area contributed by atoms with Gasteiger partial charge in [-0.1, -0.05) is 0 Å². The van der Waals surface area contributed by atoms with Gasteiger partial charge in [0.2, 0.25) is 0 Å². The van der Waals surface area contributed by atoms with Crippen LogP contribution in [0, 0.1) is 0 Å². The Hall–Kier alpha value is -1.74. The Morgan fingerprint density at radius 3 is 3.06 bits per heavy atom. The topological polar surface area (TPSA) is 25.2 Å². The highest BCUT2D eigenvalue weighted by atomic mass is 32.1. The van der Waals surface area contributed by atoms with Gasteiger partial charge in [0.1, 0.15) is 0 Å². The molecule has 2 aromatic heterocycles. The molecule has 0 fully saturated rings. The van der Waals surface area contributed by atoms with Gasteiger partial charge in [-0.3, -0.25) is 9.98 Å². The number of hydrogen-bond donors (Lipinski definition) is 0. The summed E-state index contributed by atoms with van der Waals surface area (Å²) in [7, 11) is 0. The smallest absolute Gasteiger partial charge is 0.0694 e. The van der Waals surface area contributed by atoms with Gasteiger partial charge in [-0.05, 0) is 59.0 Å². The molecule has 1 aliphatic rings. The normalized spacial score (nSPS) is 17.8. The number of allylic oxidation sites excluding steroid dienone is 1. The van der Waals surface area contributed by atoms with Crippen molar-refractivity contribution in [2.75, 3.05) is 6.54 Å². The number of hydrogen-bond acceptors (Lipinski definition) is 3. The van der Waals surface area contributed by atoms with E-state index in [0.717, 1.165) is 30.7 Å². The molecule has 3 heteroatoms. The van der Waals surface area contributed by atoms with E-state index in [4.69, 9.17) is 0 Å². The monoisotopic (exact) mass is 254 g/mol. The van der Waals surface area contributed by atoms with Gasteiger partial charge in [0.05, 0.1) is 5.71 Å². The maximum atomic E-state index is 4.67. The molecule has 1 aliphatic heterocycles. The van der Waals surface area contributed by atoms with Crippen LogP contribution in [0.15, 0.2) is 51.9 Å². The van der Waals surface area contributed by atoms with Crippen LogP contribution in [0.2, 0.25) is 0 Å². The molecule has 0 bridgehead atoms. The first-order valence-corrected chi connectivity index (χ1v) is 7.06. The summed E-state index contributed by atoms with van der Waals surface area (Å²) in [6, 6.07) is 6.19. The lowest BCUT2D eigenvalue weighted by molar-refractivity contribution is 0.818. The fourth-order valence-electron chi connectivity index (χ4n) is 2.16. The highest BCUT2D eigenvalue weighted by Gasteiger charge is 2.13. The molecule has 0 N–H and O–H groups in total. The summed E-state index contributed by atoms with van der Waals surface area (Å²) in [4.78, 5) is 8.86. The van der Waals surface area contributed by atoms with E-state index in [1.165, 1.54) is 11.1 Å². The summed E-state index contributed by atoms with van der Waals surface area (Å²) < 4.78 is 0. The fraction of sp³-hybridized carbons (Fsp3) is 0.200. The minimum Gasteiger partial charge on any atom is -0.284 e. The molecule has 2 aromatic rings. The first-order chi connectivity index (χ1) is 8.93. The largest absolute Gasteiger partial charge is 0.284 e. The van der Waals surface area contributed by atoms with E-state index < -0.39 is 0 Å². The second-order valence-electron chi connectivity index (χ2n) is 4.30. The maximum absolute atomic E-state index is 4.67. The Morgan fingerprint density at radius 1 is 1.28 bits per heavy atom. The van der Waals surface area contributed by atoms with Crippen molar-refractivity contribution >= 4 is 23.1 Å². The van der Waals surface area contributed by atoms with Crippen molar-refractivity contribution < 1.29 is 0 Å². The Balaban J connectivity index is 1.99. The molecule has 0 saturated carbocycles. The van der Waals surface area contributed by atoms with Crippen molar-refractivity contribution in [1.29, 1.82) is 0 Å². The van der Waals surface area contributed by atoms with Gasteiger partial charge in [-0.2, -0.15) is 11.3 Å². The predicted octanol–water partition coefficient (Wildman–Crippen LogP) is 3.81. The Bertz CT molecular complexity index is 568. The third-order valence-electron chi connectivity index (χ3n) is 3.00. The number of pyridine rings is 1. The van der Waals surface area contributed by atoms with Crippen molar-refractivity contribution in [3.05, 3.63) is 58.1 Å². The zero-order valence-electron chi connectivity index (χ0n) is 10.0. The zero-order chi connectivity index (χ0) is 12.2. The average Bonchev–Trinajstić information content (AvgIpc) is 2.93. The number of thiophene rings is 1. The van der Waals surface area contributed by atoms with Crippen molar-refractivity contribution in [3.8, 4) is 0 Å². The summed E-state index contributed by atoms with van der Waals surface area (Å²) in [5.41, 5.74) is 4.83. The molecule has 0 radical (unpaired) electrons. The van der Waals surface area contributed by atoms with Crippen molar-refractivity contribution in [1.82, 2.24) is 4.98 Å². The van der Waals surface area contributed by atoms with Gasteiger partial charge < -0.3 is 0 Å². The second-order valence-corrected chi connectivity index (χ2v) is 5.08. The van der Waals surface area contributed by atoms with Crippen molar-refractivity contribution in [2.45, 2.75) is 12.8 Å². The first kappa shape index (κ1) is 11.4. The maximum Gasteiger partial charge on any atom is 0.0694 e. The van der Waals surface area contributed by atoms with Gasteiger partial charge in [-0.25, -0.2) is 0 Å². The van der Waals surface area contributed by atoms with Crippen molar-refractivity contribution in [3.63, 3.8) is 0 Å². The molecule has 3 heterocycles. The third kappa shape index (κ3) is 2.41. The Kier molecular flexibility index (Phi) is 3.33. The summed E-state index contributed by atoms with van der Waals surface area (Å²) in [6.45, 7) is 0.922. The average molecular weight is 254 g/mol. The summed E-state index contributed by atoms with van der Waals surface area (Å²) in [5.74, 6) is 0. The van der Waals surface area contributed by atoms with Crippen molar-refractivity contribution in [2.24, 2.45) is 4.99 Å². The van der Waals surface area contributed by atoms with Gasteiger partial charge in [-0.15, -0.1) is 0 Å². The van der Waals surface area contributed by atoms with Gasteiger partial charge in [0, 0.05) is 24.5 Å². The van der Waals surface area contributed by atoms with E-state index in [0.29, 0.717) is 0 Å². The molecule has 0 aliphatic carbocycles. The van der Waals surface area contributed by atoms with Gasteiger partial charge >= 0.3 is 0 Å². The molecule has 0 aromatic carbocycles. The zero-order valence-corrected chi connectivity index (χ0v) is 10.9. The third-order valence-corrected chi connectivity index (χ3v) is 3.70. The van der Waals surface area contributed by atoms with E-state index in [1.54, 1.807) is 17.5 Å². The molecule has 3 rings (SSSR count). The molecule has 90 valence electrons. The minimum absolute atomic E-state index is 0.922. The van der Waals surface area contributed by atoms with E-state index in [9.17, 15) is 0 Å². The van der Waals surface area contributed by atoms with Crippen LogP contribution in [-0.2, 0) is 0 Å². The second kappa shape index (κ2) is 5.27. The highest BCUT2D eigenvalue weighted by Crippen LogP contribution is 2.22. The molecular weight excluding hydrogens is 240 g/mol. The Morgan fingerprint density at radius 2 is 2.28 bits per heavy atom. The first-order valence-electron chi connectivity index (χ1n) is 6.11. The summed E-state index contributed by atoms with van der Waals surface area (Å²) in [6.07, 6.45) is 8.19. The van der Waals surface area contributed by atoms with Gasteiger partial charge in [0.25, 0.3) is 0 Å². The van der Waals surface area contributed by atoms with Crippen LogP contribution in [-0.4, -0.2) is 17.2 Å². The molecule has 0 unspecified atom stereocenters. The lowest BCUT2D eigenvalue weighted by Gasteiger charge is -2.16. The van der Waals surface area contributed by atoms with Gasteiger partial charge in [0.15, 0.2) is 0 Å². The van der Waals surface area contributed by atoms with Crippen LogP contribution in [0.5, 0.6) is 0 Å². The fourth-order valence-corrected chi connectivity index (χ4v) is 2.78. The SMILES string of the molecule is C(=C1/CCCN=C1c1cccnc1)/c1ccsc1. The van der Waals surface area contributed by atoms with E-state index in [-0.39, 0.29) is 0 Å². The highest BCUT2D eigenvalue weighted by molar-refractivity contribution is 7.08. The number of aliphatic imine (C=N–C) groups is 1. The molecule has 0 amide bonds. The van der Waals surface area contributed by atoms with Crippen LogP contribution in [0.4, 0.5) is 0 Å². The van der Waals surface area contributed by atoms with Crippen LogP contribution >= 0.6 is 11.3 Å². The number of nitrogens with zero attached hydrogens (tertiary/aromatic N) is 2. The van der Waals surface area contributed by atoms with Crippen LogP contribution in [0.3, 0.4) is 0 Å². The molecule has 18 heavy (non-hydrogen) atoms. The molecular formula is C15H14N2S. The van der Waals surface area contributed by atoms with E-state index >= 15 is 0 Å². The quantitative estimate of drug-likeness (QED) is 0.800. The van der Waals surface area contributed by atoms with E-state index in [1.807, 2.05) is 12.3 Å².